The summed E-state index contributed by atoms with van der Waals surface area (Å²) in [6, 6.07) is 4.21. The van der Waals surface area contributed by atoms with Crippen LogP contribution in [0.1, 0.15) is 56.6 Å². The highest BCUT2D eigenvalue weighted by Crippen LogP contribution is 2.30. The summed E-state index contributed by atoms with van der Waals surface area (Å²) in [7, 11) is 0. The number of fused-ring (bicyclic) bond motifs is 1. The standard InChI is InChI=1S/C25H28F3N5O4/c1-15-30-13-17-12-18(16-7-10-32(11-8-16)23(35)37-24(2,3)4)22(34)33(21(17)31-15)14-19-20(6-5-9-29-19)36-25(26,27)28/h5-6,9,12-13,16H,7-8,10-11,14H2,1-4H3. The monoisotopic (exact) mass is 519 g/mol. The number of halogens is 3. The minimum absolute atomic E-state index is 0.0589. The highest BCUT2D eigenvalue weighted by Gasteiger charge is 2.33. The first-order valence-electron chi connectivity index (χ1n) is 11.9. The highest BCUT2D eigenvalue weighted by molar-refractivity contribution is 5.75. The maximum Gasteiger partial charge on any atom is 0.573 e. The van der Waals surface area contributed by atoms with Gasteiger partial charge in [0.25, 0.3) is 5.56 Å². The molecule has 1 saturated heterocycles. The molecule has 0 unspecified atom stereocenters. The topological polar surface area (TPSA) is 99.4 Å². The number of pyridine rings is 2. The molecule has 0 saturated carbocycles. The van der Waals surface area contributed by atoms with Crippen molar-refractivity contribution in [1.82, 2.24) is 24.4 Å². The van der Waals surface area contributed by atoms with Gasteiger partial charge in [-0.3, -0.25) is 14.3 Å². The molecular formula is C25H28F3N5O4. The molecule has 0 N–H and O–H groups in total. The van der Waals surface area contributed by atoms with Gasteiger partial charge >= 0.3 is 12.5 Å². The van der Waals surface area contributed by atoms with Crippen molar-refractivity contribution in [3.05, 3.63) is 58.0 Å². The molecule has 37 heavy (non-hydrogen) atoms. The maximum atomic E-state index is 13.7. The zero-order valence-corrected chi connectivity index (χ0v) is 21.0. The molecule has 0 bridgehead atoms. The molecule has 198 valence electrons. The van der Waals surface area contributed by atoms with Gasteiger partial charge in [-0.25, -0.2) is 14.8 Å². The molecule has 0 atom stereocenters. The van der Waals surface area contributed by atoms with E-state index >= 15 is 0 Å². The second-order valence-electron chi connectivity index (χ2n) is 9.92. The summed E-state index contributed by atoms with van der Waals surface area (Å²) < 4.78 is 49.8. The van der Waals surface area contributed by atoms with E-state index < -0.39 is 23.8 Å². The largest absolute Gasteiger partial charge is 0.573 e. The van der Waals surface area contributed by atoms with E-state index in [1.54, 1.807) is 44.9 Å². The Balaban J connectivity index is 1.68. The van der Waals surface area contributed by atoms with E-state index in [4.69, 9.17) is 4.74 Å². The minimum atomic E-state index is -4.91. The van der Waals surface area contributed by atoms with Gasteiger partial charge in [0.1, 0.15) is 22.8 Å². The molecule has 0 spiro atoms. The van der Waals surface area contributed by atoms with Crippen LogP contribution < -0.4 is 10.3 Å². The van der Waals surface area contributed by atoms with Gasteiger partial charge in [0.2, 0.25) is 0 Å². The predicted octanol–water partition coefficient (Wildman–Crippen LogP) is 4.56. The molecule has 3 aromatic heterocycles. The molecule has 4 rings (SSSR count). The fraction of sp³-hybridized carbons (Fsp3) is 0.480. The summed E-state index contributed by atoms with van der Waals surface area (Å²) in [4.78, 5) is 40.4. The van der Waals surface area contributed by atoms with Crippen molar-refractivity contribution in [2.75, 3.05) is 13.1 Å². The average molecular weight is 520 g/mol. The molecule has 1 fully saturated rings. The SMILES string of the molecule is Cc1ncc2cc(C3CCN(C(=O)OC(C)(C)C)CC3)c(=O)n(Cc3ncccc3OC(F)(F)F)c2n1. The number of aryl methyl sites for hydroxylation is 1. The van der Waals surface area contributed by atoms with Crippen LogP contribution in [0.5, 0.6) is 5.75 Å². The number of rotatable bonds is 4. The molecule has 0 aliphatic carbocycles. The van der Waals surface area contributed by atoms with Crippen molar-refractivity contribution in [1.29, 1.82) is 0 Å². The Hall–Kier alpha value is -3.70. The second kappa shape index (κ2) is 9.98. The average Bonchev–Trinajstić information content (AvgIpc) is 2.80. The normalized spacial score (nSPS) is 15.2. The van der Waals surface area contributed by atoms with E-state index in [-0.39, 0.29) is 29.4 Å². The van der Waals surface area contributed by atoms with Crippen LogP contribution in [0.2, 0.25) is 0 Å². The molecule has 1 aliphatic rings. The van der Waals surface area contributed by atoms with E-state index in [0.717, 1.165) is 6.07 Å². The van der Waals surface area contributed by atoms with Crippen molar-refractivity contribution in [2.45, 2.75) is 65.0 Å². The van der Waals surface area contributed by atoms with Gasteiger partial charge in [-0.15, -0.1) is 13.2 Å². The van der Waals surface area contributed by atoms with Crippen molar-refractivity contribution >= 4 is 17.1 Å². The molecule has 3 aromatic rings. The van der Waals surface area contributed by atoms with Crippen LogP contribution >= 0.6 is 0 Å². The van der Waals surface area contributed by atoms with E-state index in [9.17, 15) is 22.8 Å². The third-order valence-corrected chi connectivity index (χ3v) is 5.94. The van der Waals surface area contributed by atoms with Crippen LogP contribution in [-0.2, 0) is 11.3 Å². The number of nitrogens with zero attached hydrogens (tertiary/aromatic N) is 5. The fourth-order valence-corrected chi connectivity index (χ4v) is 4.31. The summed E-state index contributed by atoms with van der Waals surface area (Å²) in [5, 5.41) is 0.573. The number of likely N-dealkylation sites (tertiary alicyclic amines) is 1. The first kappa shape index (κ1) is 26.4. The lowest BCUT2D eigenvalue weighted by Crippen LogP contribution is -2.42. The predicted molar refractivity (Wildman–Crippen MR) is 128 cm³/mol. The Labute approximate surface area is 211 Å². The lowest BCUT2D eigenvalue weighted by atomic mass is 9.90. The Bertz CT molecular complexity index is 1360. The van der Waals surface area contributed by atoms with Crippen LogP contribution in [0, 0.1) is 6.92 Å². The van der Waals surface area contributed by atoms with Gasteiger partial charge in [0.15, 0.2) is 5.75 Å². The van der Waals surface area contributed by atoms with Crippen molar-refractivity contribution < 1.29 is 27.4 Å². The quantitative estimate of drug-likeness (QED) is 0.498. The first-order chi connectivity index (χ1) is 17.3. The van der Waals surface area contributed by atoms with Crippen molar-refractivity contribution in [3.8, 4) is 5.75 Å². The van der Waals surface area contributed by atoms with Gasteiger partial charge in [-0.1, -0.05) is 0 Å². The van der Waals surface area contributed by atoms with Crippen LogP contribution in [0.3, 0.4) is 0 Å². The van der Waals surface area contributed by atoms with E-state index in [1.807, 2.05) is 0 Å². The van der Waals surface area contributed by atoms with Gasteiger partial charge in [0, 0.05) is 36.4 Å². The number of hydrogen-bond donors (Lipinski definition) is 0. The number of carbonyl (C=O) groups excluding carboxylic acids is 1. The van der Waals surface area contributed by atoms with Crippen molar-refractivity contribution in [3.63, 3.8) is 0 Å². The van der Waals surface area contributed by atoms with Crippen LogP contribution in [-0.4, -0.2) is 55.6 Å². The van der Waals surface area contributed by atoms with Crippen LogP contribution in [0.25, 0.3) is 11.0 Å². The Morgan fingerprint density at radius 2 is 1.86 bits per heavy atom. The molecule has 1 aliphatic heterocycles. The Kier molecular flexibility index (Phi) is 7.11. The third-order valence-electron chi connectivity index (χ3n) is 5.94. The van der Waals surface area contributed by atoms with Gasteiger partial charge < -0.3 is 14.4 Å². The number of amides is 1. The highest BCUT2D eigenvalue weighted by atomic mass is 19.4. The lowest BCUT2D eigenvalue weighted by Gasteiger charge is -2.33. The molecule has 4 heterocycles. The smallest absolute Gasteiger partial charge is 0.444 e. The minimum Gasteiger partial charge on any atom is -0.444 e. The number of ether oxygens (including phenoxy) is 2. The lowest BCUT2D eigenvalue weighted by molar-refractivity contribution is -0.275. The second-order valence-corrected chi connectivity index (χ2v) is 9.92. The molecule has 9 nitrogen and oxygen atoms in total. The van der Waals surface area contributed by atoms with Crippen LogP contribution in [0.15, 0.2) is 35.4 Å². The number of hydrogen-bond acceptors (Lipinski definition) is 7. The first-order valence-corrected chi connectivity index (χ1v) is 11.9. The summed E-state index contributed by atoms with van der Waals surface area (Å²) in [5.74, 6) is -0.249. The molecule has 0 radical (unpaired) electrons. The summed E-state index contributed by atoms with van der Waals surface area (Å²) >= 11 is 0. The fourth-order valence-electron chi connectivity index (χ4n) is 4.31. The van der Waals surface area contributed by atoms with Crippen LogP contribution in [0.4, 0.5) is 18.0 Å². The number of carbonyl (C=O) groups is 1. The molecule has 12 heteroatoms. The maximum absolute atomic E-state index is 13.7. The molecule has 0 aromatic carbocycles. The number of alkyl halides is 3. The summed E-state index contributed by atoms with van der Waals surface area (Å²) in [6.07, 6.45) is -1.34. The van der Waals surface area contributed by atoms with E-state index in [1.165, 1.54) is 16.8 Å². The zero-order chi connectivity index (χ0) is 27.0. The molecule has 1 amide bonds. The van der Waals surface area contributed by atoms with Crippen molar-refractivity contribution in [2.24, 2.45) is 0 Å². The Morgan fingerprint density at radius 3 is 2.51 bits per heavy atom. The van der Waals surface area contributed by atoms with Gasteiger partial charge in [0.05, 0.1) is 6.54 Å². The Morgan fingerprint density at radius 1 is 1.16 bits per heavy atom. The number of piperidine rings is 1. The summed E-state index contributed by atoms with van der Waals surface area (Å²) in [6.45, 7) is 7.59. The van der Waals surface area contributed by atoms with Gasteiger partial charge in [-0.05, 0) is 64.7 Å². The number of aromatic nitrogens is 4. The van der Waals surface area contributed by atoms with Gasteiger partial charge in [-0.2, -0.15) is 0 Å². The third kappa shape index (κ3) is 6.36. The zero-order valence-electron chi connectivity index (χ0n) is 21.0. The van der Waals surface area contributed by atoms with E-state index in [0.29, 0.717) is 42.7 Å². The van der Waals surface area contributed by atoms with E-state index in [2.05, 4.69) is 19.7 Å². The molecular weight excluding hydrogens is 491 g/mol. The summed E-state index contributed by atoms with van der Waals surface area (Å²) in [5.41, 5.74) is -0.284.